The van der Waals surface area contributed by atoms with Crippen molar-refractivity contribution in [1.82, 2.24) is 9.78 Å². The third kappa shape index (κ3) is 3.74. The molecule has 20 heavy (non-hydrogen) atoms. The fourth-order valence-electron chi connectivity index (χ4n) is 2.11. The van der Waals surface area contributed by atoms with Gasteiger partial charge in [0.05, 0.1) is 6.61 Å². The monoisotopic (exact) mass is 293 g/mol. The SMILES string of the molecule is CC(N)Cc1c(Cl)cccc1OCCc1ccnn1C. The van der Waals surface area contributed by atoms with Crippen molar-refractivity contribution in [2.45, 2.75) is 25.8 Å². The highest BCUT2D eigenvalue weighted by Crippen LogP contribution is 2.27. The minimum atomic E-state index is 0.0503. The highest BCUT2D eigenvalue weighted by Gasteiger charge is 2.10. The lowest BCUT2D eigenvalue weighted by molar-refractivity contribution is 0.314. The van der Waals surface area contributed by atoms with E-state index in [-0.39, 0.29) is 6.04 Å². The van der Waals surface area contributed by atoms with Crippen molar-refractivity contribution in [1.29, 1.82) is 0 Å². The van der Waals surface area contributed by atoms with Crippen LogP contribution in [0.3, 0.4) is 0 Å². The molecule has 1 heterocycles. The van der Waals surface area contributed by atoms with Crippen molar-refractivity contribution in [3.05, 3.63) is 46.7 Å². The maximum absolute atomic E-state index is 6.23. The Labute approximate surface area is 124 Å². The lowest BCUT2D eigenvalue weighted by Crippen LogP contribution is -2.19. The van der Waals surface area contributed by atoms with Crippen LogP contribution in [0.2, 0.25) is 5.02 Å². The van der Waals surface area contributed by atoms with Crippen LogP contribution in [0.4, 0.5) is 0 Å². The predicted molar refractivity (Wildman–Crippen MR) is 81.2 cm³/mol. The quantitative estimate of drug-likeness (QED) is 0.890. The second kappa shape index (κ2) is 6.77. The van der Waals surface area contributed by atoms with E-state index in [0.717, 1.165) is 23.4 Å². The summed E-state index contributed by atoms with van der Waals surface area (Å²) in [4.78, 5) is 0. The van der Waals surface area contributed by atoms with Gasteiger partial charge in [0, 0.05) is 42.0 Å². The smallest absolute Gasteiger partial charge is 0.124 e. The summed E-state index contributed by atoms with van der Waals surface area (Å²) < 4.78 is 7.72. The number of benzene rings is 1. The van der Waals surface area contributed by atoms with Crippen LogP contribution in [0.1, 0.15) is 18.2 Å². The molecule has 0 saturated carbocycles. The van der Waals surface area contributed by atoms with Crippen molar-refractivity contribution in [3.63, 3.8) is 0 Å². The van der Waals surface area contributed by atoms with Crippen molar-refractivity contribution >= 4 is 11.6 Å². The van der Waals surface area contributed by atoms with Gasteiger partial charge in [0.15, 0.2) is 0 Å². The molecule has 0 aliphatic heterocycles. The topological polar surface area (TPSA) is 53.1 Å². The Hall–Kier alpha value is -1.52. The van der Waals surface area contributed by atoms with Crippen molar-refractivity contribution < 1.29 is 4.74 Å². The van der Waals surface area contributed by atoms with E-state index >= 15 is 0 Å². The predicted octanol–water partition coefficient (Wildman–Crippen LogP) is 2.58. The maximum atomic E-state index is 6.23. The summed E-state index contributed by atoms with van der Waals surface area (Å²) in [6.07, 6.45) is 3.30. The van der Waals surface area contributed by atoms with E-state index in [9.17, 15) is 0 Å². The number of halogens is 1. The third-order valence-electron chi connectivity index (χ3n) is 3.14. The Kier molecular flexibility index (Phi) is 5.04. The lowest BCUT2D eigenvalue weighted by Gasteiger charge is -2.14. The molecule has 0 aliphatic carbocycles. The zero-order chi connectivity index (χ0) is 14.5. The molecule has 0 aliphatic rings. The number of nitrogens with zero attached hydrogens (tertiary/aromatic N) is 2. The first kappa shape index (κ1) is 14.9. The Morgan fingerprint density at radius 2 is 2.20 bits per heavy atom. The van der Waals surface area contributed by atoms with Crippen LogP contribution in [-0.2, 0) is 19.9 Å². The lowest BCUT2D eigenvalue weighted by atomic mass is 10.1. The largest absolute Gasteiger partial charge is 0.493 e. The highest BCUT2D eigenvalue weighted by molar-refractivity contribution is 6.31. The summed E-state index contributed by atoms with van der Waals surface area (Å²) in [5.74, 6) is 0.817. The summed E-state index contributed by atoms with van der Waals surface area (Å²) in [6, 6.07) is 7.74. The molecule has 0 saturated heterocycles. The van der Waals surface area contributed by atoms with Crippen LogP contribution in [0.25, 0.3) is 0 Å². The molecule has 2 aromatic rings. The number of aromatic nitrogens is 2. The Bertz CT molecular complexity index is 566. The van der Waals surface area contributed by atoms with Crippen LogP contribution in [0, 0.1) is 0 Å². The first-order chi connectivity index (χ1) is 9.58. The molecular weight excluding hydrogens is 274 g/mol. The molecule has 0 radical (unpaired) electrons. The van der Waals surface area contributed by atoms with Gasteiger partial charge in [-0.15, -0.1) is 0 Å². The van der Waals surface area contributed by atoms with E-state index < -0.39 is 0 Å². The Morgan fingerprint density at radius 3 is 2.85 bits per heavy atom. The van der Waals surface area contributed by atoms with Gasteiger partial charge in [-0.25, -0.2) is 0 Å². The van der Waals surface area contributed by atoms with Crippen molar-refractivity contribution in [3.8, 4) is 5.75 Å². The fraction of sp³-hybridized carbons (Fsp3) is 0.400. The molecule has 2 rings (SSSR count). The van der Waals surface area contributed by atoms with E-state index in [1.807, 2.05) is 42.9 Å². The average Bonchev–Trinajstić information content (AvgIpc) is 2.79. The Balaban J connectivity index is 2.02. The summed E-state index contributed by atoms with van der Waals surface area (Å²) in [5, 5.41) is 4.85. The van der Waals surface area contributed by atoms with Crippen molar-refractivity contribution in [2.24, 2.45) is 12.8 Å². The minimum Gasteiger partial charge on any atom is -0.493 e. The van der Waals surface area contributed by atoms with Gasteiger partial charge < -0.3 is 10.5 Å². The average molecular weight is 294 g/mol. The summed E-state index contributed by atoms with van der Waals surface area (Å²) >= 11 is 6.23. The Morgan fingerprint density at radius 1 is 1.40 bits per heavy atom. The number of nitrogens with two attached hydrogens (primary N) is 1. The van der Waals surface area contributed by atoms with Crippen LogP contribution >= 0.6 is 11.6 Å². The van der Waals surface area contributed by atoms with Gasteiger partial charge in [-0.1, -0.05) is 17.7 Å². The zero-order valence-corrected chi connectivity index (χ0v) is 12.6. The van der Waals surface area contributed by atoms with Gasteiger partial charge >= 0.3 is 0 Å². The van der Waals surface area contributed by atoms with Crippen molar-refractivity contribution in [2.75, 3.05) is 6.61 Å². The molecule has 1 aromatic carbocycles. The molecule has 2 N–H and O–H groups in total. The number of aryl methyl sites for hydroxylation is 1. The molecule has 1 aromatic heterocycles. The van der Waals surface area contributed by atoms with Gasteiger partial charge in [0.1, 0.15) is 5.75 Å². The minimum absolute atomic E-state index is 0.0503. The van der Waals surface area contributed by atoms with Crippen LogP contribution < -0.4 is 10.5 Å². The molecule has 0 amide bonds. The van der Waals surface area contributed by atoms with E-state index in [2.05, 4.69) is 5.10 Å². The van der Waals surface area contributed by atoms with Gasteiger partial charge in [0.2, 0.25) is 0 Å². The molecule has 0 fully saturated rings. The number of rotatable bonds is 6. The summed E-state index contributed by atoms with van der Waals surface area (Å²) in [7, 11) is 1.93. The second-order valence-electron chi connectivity index (χ2n) is 4.94. The molecule has 1 atom stereocenters. The molecule has 1 unspecified atom stereocenters. The molecule has 0 spiro atoms. The molecule has 5 heteroatoms. The normalized spacial score (nSPS) is 12.4. The van der Waals surface area contributed by atoms with Gasteiger partial charge in [-0.05, 0) is 31.5 Å². The van der Waals surface area contributed by atoms with E-state index in [1.165, 1.54) is 0 Å². The van der Waals surface area contributed by atoms with E-state index in [0.29, 0.717) is 18.1 Å². The van der Waals surface area contributed by atoms with Gasteiger partial charge in [0.25, 0.3) is 0 Å². The second-order valence-corrected chi connectivity index (χ2v) is 5.35. The molecule has 108 valence electrons. The van der Waals surface area contributed by atoms with E-state index in [4.69, 9.17) is 22.1 Å². The molecule has 0 bridgehead atoms. The van der Waals surface area contributed by atoms with Crippen LogP contribution in [0.5, 0.6) is 5.75 Å². The van der Waals surface area contributed by atoms with Gasteiger partial charge in [-0.2, -0.15) is 5.10 Å². The first-order valence-electron chi connectivity index (χ1n) is 6.70. The highest BCUT2D eigenvalue weighted by atomic mass is 35.5. The third-order valence-corrected chi connectivity index (χ3v) is 3.49. The standard InChI is InChI=1S/C15H20ClN3O/c1-11(17)10-13-14(16)4-3-5-15(13)20-9-7-12-6-8-18-19(12)2/h3-6,8,11H,7,9-10,17H2,1-2H3. The summed E-state index contributed by atoms with van der Waals surface area (Å²) in [6.45, 7) is 2.55. The first-order valence-corrected chi connectivity index (χ1v) is 7.08. The maximum Gasteiger partial charge on any atom is 0.124 e. The fourth-order valence-corrected chi connectivity index (χ4v) is 2.35. The van der Waals surface area contributed by atoms with Crippen LogP contribution in [0.15, 0.2) is 30.5 Å². The van der Waals surface area contributed by atoms with Crippen LogP contribution in [-0.4, -0.2) is 22.4 Å². The van der Waals surface area contributed by atoms with E-state index in [1.54, 1.807) is 6.20 Å². The van der Waals surface area contributed by atoms with Gasteiger partial charge in [-0.3, -0.25) is 4.68 Å². The molecular formula is C15H20ClN3O. The zero-order valence-electron chi connectivity index (χ0n) is 11.8. The number of ether oxygens (including phenoxy) is 1. The number of hydrogen-bond acceptors (Lipinski definition) is 3. The molecule has 4 nitrogen and oxygen atoms in total. The number of hydrogen-bond donors (Lipinski definition) is 1. The summed E-state index contributed by atoms with van der Waals surface area (Å²) in [5.41, 5.74) is 7.98.